The van der Waals surface area contributed by atoms with E-state index in [1.807, 2.05) is 49.5 Å². The van der Waals surface area contributed by atoms with E-state index in [1.54, 1.807) is 50.2 Å². The molecule has 1 aliphatic heterocycles. The van der Waals surface area contributed by atoms with Crippen molar-refractivity contribution in [2.45, 2.75) is 40.3 Å². The molecule has 3 aromatic rings. The molecular weight excluding hydrogens is 466 g/mol. The van der Waals surface area contributed by atoms with Gasteiger partial charge < -0.3 is 14.5 Å². The lowest BCUT2D eigenvalue weighted by molar-refractivity contribution is -0.137. The lowest BCUT2D eigenvalue weighted by Crippen LogP contribution is -2.47. The molecule has 0 saturated carbocycles. The number of carbonyl (C=O) groups excluding carboxylic acids is 2. The highest BCUT2D eigenvalue weighted by atomic mass is 16.5. The number of hydrogen-bond acceptors (Lipinski definition) is 6. The van der Waals surface area contributed by atoms with E-state index in [0.29, 0.717) is 25.5 Å². The fourth-order valence-corrected chi connectivity index (χ4v) is 4.82. The first-order valence-electron chi connectivity index (χ1n) is 12.6. The molecule has 194 valence electrons. The largest absolute Gasteiger partial charge is 0.481 e. The van der Waals surface area contributed by atoms with Crippen LogP contribution in [0.4, 0.5) is 11.4 Å². The summed E-state index contributed by atoms with van der Waals surface area (Å²) < 4.78 is 5.50. The van der Waals surface area contributed by atoms with Crippen molar-refractivity contribution in [3.05, 3.63) is 77.7 Å². The first-order valence-corrected chi connectivity index (χ1v) is 12.6. The molecule has 1 aliphatic rings. The summed E-state index contributed by atoms with van der Waals surface area (Å²) in [5.41, 5.74) is 3.59. The van der Waals surface area contributed by atoms with Crippen LogP contribution in [0.5, 0.6) is 5.88 Å². The monoisotopic (exact) mass is 501 g/mol. The fraction of sp³-hybridized carbons (Fsp3) is 0.379. The number of nitrogens with zero attached hydrogens (tertiary/aromatic N) is 5. The van der Waals surface area contributed by atoms with Crippen molar-refractivity contribution >= 4 is 23.2 Å². The molecule has 37 heavy (non-hydrogen) atoms. The molecule has 4 rings (SSSR count). The van der Waals surface area contributed by atoms with E-state index in [-0.39, 0.29) is 11.8 Å². The van der Waals surface area contributed by atoms with Crippen molar-refractivity contribution in [2.75, 3.05) is 37.0 Å². The van der Waals surface area contributed by atoms with Gasteiger partial charge >= 0.3 is 0 Å². The number of hydrogen-bond donors (Lipinski definition) is 0. The molecular formula is C29H35N5O3. The molecule has 3 heterocycles. The Morgan fingerprint density at radius 2 is 1.76 bits per heavy atom. The maximum atomic E-state index is 13.2. The van der Waals surface area contributed by atoms with Crippen LogP contribution >= 0.6 is 0 Å². The highest BCUT2D eigenvalue weighted by Gasteiger charge is 2.45. The van der Waals surface area contributed by atoms with E-state index >= 15 is 0 Å². The summed E-state index contributed by atoms with van der Waals surface area (Å²) in [6, 6.07) is 14.0. The number of rotatable bonds is 9. The molecule has 8 heteroatoms. The number of benzene rings is 1. The molecule has 0 N–H and O–H groups in total. The van der Waals surface area contributed by atoms with Crippen molar-refractivity contribution < 1.29 is 14.3 Å². The lowest BCUT2D eigenvalue weighted by atomic mass is 9.90. The molecule has 8 nitrogen and oxygen atoms in total. The smallest absolute Gasteiger partial charge is 0.242 e. The second kappa shape index (κ2) is 11.1. The van der Waals surface area contributed by atoms with E-state index in [2.05, 4.69) is 20.9 Å². The van der Waals surface area contributed by atoms with Crippen LogP contribution in [0.1, 0.15) is 37.5 Å². The van der Waals surface area contributed by atoms with Gasteiger partial charge in [0.05, 0.1) is 18.5 Å². The highest BCUT2D eigenvalue weighted by molar-refractivity contribution is 6.19. The Labute approximate surface area is 218 Å². The van der Waals surface area contributed by atoms with Gasteiger partial charge in [0.25, 0.3) is 0 Å². The molecule has 1 aromatic carbocycles. The maximum absolute atomic E-state index is 13.2. The quantitative estimate of drug-likeness (QED) is 0.411. The maximum Gasteiger partial charge on any atom is 0.242 e. The SMILES string of the molecule is CCN1C(=O)C(C)(C)C(=O)N(C)c2cc(CN(CCc3cccnc3)Cc3cccnc3OC)ccc21. The third kappa shape index (κ3) is 5.49. The number of aromatic nitrogens is 2. The number of anilines is 2. The van der Waals surface area contributed by atoms with Crippen molar-refractivity contribution in [1.82, 2.24) is 14.9 Å². The number of amides is 2. The zero-order valence-corrected chi connectivity index (χ0v) is 22.3. The molecule has 0 radical (unpaired) electrons. The number of carbonyl (C=O) groups is 2. The Hall–Kier alpha value is -3.78. The molecule has 0 spiro atoms. The molecule has 0 aliphatic carbocycles. The minimum absolute atomic E-state index is 0.180. The lowest BCUT2D eigenvalue weighted by Gasteiger charge is -2.27. The summed E-state index contributed by atoms with van der Waals surface area (Å²) in [4.78, 5) is 40.7. The summed E-state index contributed by atoms with van der Waals surface area (Å²) in [5.74, 6) is 0.223. The molecule has 0 atom stereocenters. The average molecular weight is 502 g/mol. The zero-order valence-electron chi connectivity index (χ0n) is 22.3. The van der Waals surface area contributed by atoms with Gasteiger partial charge in [-0.25, -0.2) is 4.98 Å². The molecule has 0 fully saturated rings. The Bertz CT molecular complexity index is 1260. The van der Waals surface area contributed by atoms with Crippen molar-refractivity contribution in [1.29, 1.82) is 0 Å². The predicted octanol–water partition coefficient (Wildman–Crippen LogP) is 4.09. The van der Waals surface area contributed by atoms with Crippen LogP contribution in [0.2, 0.25) is 0 Å². The number of fused-ring (bicyclic) bond motifs is 1. The van der Waals surface area contributed by atoms with Crippen LogP contribution < -0.4 is 14.5 Å². The second-order valence-electron chi connectivity index (χ2n) is 9.86. The standard InChI is InChI=1S/C29H35N5O3/c1-6-34-24-12-11-22(17-25(24)32(4)27(35)29(2,3)28(34)36)19-33(16-13-21-9-7-14-30-18-21)20-23-10-8-15-31-26(23)37-5/h7-12,14-15,17-18H,6,13,16,19-20H2,1-5H3. The van der Waals surface area contributed by atoms with Crippen LogP contribution in [-0.2, 0) is 29.1 Å². The Morgan fingerprint density at radius 3 is 2.46 bits per heavy atom. The van der Waals surface area contributed by atoms with Gasteiger partial charge in [0, 0.05) is 57.4 Å². The van der Waals surface area contributed by atoms with E-state index in [9.17, 15) is 9.59 Å². The summed E-state index contributed by atoms with van der Waals surface area (Å²) in [7, 11) is 3.38. The Kier molecular flexibility index (Phi) is 7.88. The van der Waals surface area contributed by atoms with Crippen LogP contribution in [0.15, 0.2) is 61.1 Å². The first kappa shape index (κ1) is 26.3. The van der Waals surface area contributed by atoms with Crippen LogP contribution in [0.25, 0.3) is 0 Å². The van der Waals surface area contributed by atoms with Crippen molar-refractivity contribution in [3.8, 4) is 5.88 Å². The fourth-order valence-electron chi connectivity index (χ4n) is 4.82. The minimum atomic E-state index is -1.13. The van der Waals surface area contributed by atoms with Crippen molar-refractivity contribution in [2.24, 2.45) is 5.41 Å². The highest BCUT2D eigenvalue weighted by Crippen LogP contribution is 2.39. The van der Waals surface area contributed by atoms with Gasteiger partial charge in [0.15, 0.2) is 0 Å². The zero-order chi connectivity index (χ0) is 26.6. The molecule has 2 aromatic heterocycles. The van der Waals surface area contributed by atoms with Gasteiger partial charge in [-0.3, -0.25) is 19.5 Å². The average Bonchev–Trinajstić information content (AvgIpc) is 2.96. The number of pyridine rings is 2. The normalized spacial score (nSPS) is 15.1. The summed E-state index contributed by atoms with van der Waals surface area (Å²) in [6.07, 6.45) is 6.24. The topological polar surface area (TPSA) is 78.9 Å². The van der Waals surface area contributed by atoms with Crippen LogP contribution in [0.3, 0.4) is 0 Å². The molecule has 0 bridgehead atoms. The van der Waals surface area contributed by atoms with E-state index in [0.717, 1.165) is 41.0 Å². The van der Waals surface area contributed by atoms with Gasteiger partial charge in [-0.15, -0.1) is 0 Å². The summed E-state index contributed by atoms with van der Waals surface area (Å²) in [5, 5.41) is 0. The molecule has 0 saturated heterocycles. The van der Waals surface area contributed by atoms with E-state index < -0.39 is 5.41 Å². The minimum Gasteiger partial charge on any atom is -0.481 e. The number of ether oxygens (including phenoxy) is 1. The van der Waals surface area contributed by atoms with Gasteiger partial charge in [-0.05, 0) is 62.6 Å². The van der Waals surface area contributed by atoms with Gasteiger partial charge in [0.2, 0.25) is 17.7 Å². The predicted molar refractivity (Wildman–Crippen MR) is 145 cm³/mol. The summed E-state index contributed by atoms with van der Waals surface area (Å²) in [6.45, 7) is 7.92. The third-order valence-electron chi connectivity index (χ3n) is 6.91. The van der Waals surface area contributed by atoms with Crippen LogP contribution in [0, 0.1) is 5.41 Å². The van der Waals surface area contributed by atoms with Crippen molar-refractivity contribution in [3.63, 3.8) is 0 Å². The Balaban J connectivity index is 1.65. The summed E-state index contributed by atoms with van der Waals surface area (Å²) >= 11 is 0. The van der Waals surface area contributed by atoms with Gasteiger partial charge in [0.1, 0.15) is 5.41 Å². The van der Waals surface area contributed by atoms with E-state index in [4.69, 9.17) is 4.74 Å². The third-order valence-corrected chi connectivity index (χ3v) is 6.91. The molecule has 2 amide bonds. The first-order chi connectivity index (χ1) is 17.8. The number of methoxy groups -OCH3 is 1. The molecule has 0 unspecified atom stereocenters. The van der Waals surface area contributed by atoms with Crippen LogP contribution in [-0.4, -0.2) is 53.9 Å². The van der Waals surface area contributed by atoms with Gasteiger partial charge in [-0.2, -0.15) is 0 Å². The van der Waals surface area contributed by atoms with E-state index in [1.165, 1.54) is 0 Å². The Morgan fingerprint density at radius 1 is 0.973 bits per heavy atom. The second-order valence-corrected chi connectivity index (χ2v) is 9.86. The van der Waals surface area contributed by atoms with Gasteiger partial charge in [-0.1, -0.05) is 18.2 Å².